The fourth-order valence-electron chi connectivity index (χ4n) is 4.73. The Bertz CT molecular complexity index is 781. The quantitative estimate of drug-likeness (QED) is 0.0519. The van der Waals surface area contributed by atoms with E-state index >= 15 is 0 Å². The molecule has 0 heterocycles. The lowest BCUT2D eigenvalue weighted by Gasteiger charge is -2.30. The van der Waals surface area contributed by atoms with Gasteiger partial charge < -0.3 is 29.8 Å². The molecule has 0 radical (unpaired) electrons. The summed E-state index contributed by atoms with van der Waals surface area (Å²) in [7, 11) is 0. The SMILES string of the molecule is CCCCCCCCCCCC(=O)OC[C@@H](O)[C@@H](OC(=O)CCCCCCCCCCC)[C@H](O)[C@H](C=O)NC(=O)C(F)(F)F. The van der Waals surface area contributed by atoms with Crippen molar-refractivity contribution < 1.29 is 52.0 Å². The zero-order chi connectivity index (χ0) is 33.2. The number of halogens is 3. The first-order chi connectivity index (χ1) is 21.0. The molecule has 258 valence electrons. The largest absolute Gasteiger partial charge is 0.471 e. The zero-order valence-electron chi connectivity index (χ0n) is 26.7. The topological polar surface area (TPSA) is 139 Å². The number of hydrogen-bond acceptors (Lipinski definition) is 8. The fraction of sp³-hybridized carbons (Fsp3) is 0.875. The van der Waals surface area contributed by atoms with Crippen LogP contribution in [0, 0.1) is 0 Å². The summed E-state index contributed by atoms with van der Waals surface area (Å²) < 4.78 is 48.4. The van der Waals surface area contributed by atoms with Crippen molar-refractivity contribution in [1.82, 2.24) is 5.32 Å². The molecule has 0 aromatic carbocycles. The van der Waals surface area contributed by atoms with Crippen molar-refractivity contribution in [2.75, 3.05) is 6.61 Å². The number of alkyl halides is 3. The van der Waals surface area contributed by atoms with Gasteiger partial charge in [-0.25, -0.2) is 0 Å². The number of rotatable bonds is 28. The standard InChI is InChI=1S/C32H56F3NO8/c1-3-5-7-9-11-13-15-17-19-21-27(39)43-24-26(38)30(29(41)25(23-37)36-31(42)32(33,34)35)44-28(40)22-20-18-16-14-12-10-8-6-4-2/h23,25-26,29-30,38,41H,3-22,24H2,1-2H3,(H,36,42)/t25-,26+,29+,30+/m0/s1. The smallest absolute Gasteiger partial charge is 0.463 e. The highest BCUT2D eigenvalue weighted by Crippen LogP contribution is 2.18. The third kappa shape index (κ3) is 21.5. The fourth-order valence-corrected chi connectivity index (χ4v) is 4.73. The summed E-state index contributed by atoms with van der Waals surface area (Å²) in [5.41, 5.74) is 0. The van der Waals surface area contributed by atoms with Crippen LogP contribution in [0.2, 0.25) is 0 Å². The highest BCUT2D eigenvalue weighted by molar-refractivity contribution is 5.84. The Morgan fingerprint density at radius 1 is 0.705 bits per heavy atom. The molecule has 0 unspecified atom stereocenters. The molecule has 0 bridgehead atoms. The maximum atomic E-state index is 12.7. The number of carbonyl (C=O) groups excluding carboxylic acids is 4. The van der Waals surface area contributed by atoms with Crippen molar-refractivity contribution >= 4 is 24.1 Å². The van der Waals surface area contributed by atoms with Crippen molar-refractivity contribution in [2.45, 2.75) is 173 Å². The van der Waals surface area contributed by atoms with E-state index in [-0.39, 0.29) is 19.1 Å². The number of ether oxygens (including phenoxy) is 2. The summed E-state index contributed by atoms with van der Waals surface area (Å²) in [5, 5.41) is 22.5. The van der Waals surface area contributed by atoms with Gasteiger partial charge in [0, 0.05) is 12.8 Å². The molecule has 0 aliphatic rings. The Balaban J connectivity index is 4.90. The summed E-state index contributed by atoms with van der Waals surface area (Å²) in [5.74, 6) is -3.99. The van der Waals surface area contributed by atoms with Crippen molar-refractivity contribution in [2.24, 2.45) is 0 Å². The van der Waals surface area contributed by atoms with Crippen LogP contribution in [-0.2, 0) is 28.7 Å². The number of amides is 1. The third-order valence-corrected chi connectivity index (χ3v) is 7.44. The normalized spacial score (nSPS) is 14.3. The lowest BCUT2D eigenvalue weighted by Crippen LogP contribution is -2.57. The summed E-state index contributed by atoms with van der Waals surface area (Å²) in [6.07, 6.45) is 6.75. The van der Waals surface area contributed by atoms with Crippen molar-refractivity contribution in [3.05, 3.63) is 0 Å². The van der Waals surface area contributed by atoms with E-state index in [1.165, 1.54) is 43.8 Å². The Hall–Kier alpha value is -2.21. The Kier molecular flexibility index (Phi) is 24.7. The number of carbonyl (C=O) groups is 4. The number of aldehydes is 1. The number of nitrogens with one attached hydrogen (secondary N) is 1. The van der Waals surface area contributed by atoms with Crippen LogP contribution < -0.4 is 5.32 Å². The molecule has 0 fully saturated rings. The number of aliphatic hydroxyl groups excluding tert-OH is 2. The van der Waals surface area contributed by atoms with Crippen molar-refractivity contribution in [1.29, 1.82) is 0 Å². The van der Waals surface area contributed by atoms with E-state index in [9.17, 15) is 42.6 Å². The first-order valence-corrected chi connectivity index (χ1v) is 16.5. The predicted molar refractivity (Wildman–Crippen MR) is 161 cm³/mol. The minimum absolute atomic E-state index is 0.0762. The maximum Gasteiger partial charge on any atom is 0.471 e. The van der Waals surface area contributed by atoms with E-state index in [0.29, 0.717) is 12.8 Å². The number of hydrogen-bond donors (Lipinski definition) is 3. The predicted octanol–water partition coefficient (Wildman–Crippen LogP) is 6.25. The van der Waals surface area contributed by atoms with Crippen molar-refractivity contribution in [3.63, 3.8) is 0 Å². The molecule has 0 saturated carbocycles. The molecule has 0 rings (SSSR count). The molecular formula is C32H56F3NO8. The van der Waals surface area contributed by atoms with Crippen LogP contribution in [0.25, 0.3) is 0 Å². The van der Waals surface area contributed by atoms with Crippen LogP contribution in [0.5, 0.6) is 0 Å². The summed E-state index contributed by atoms with van der Waals surface area (Å²) >= 11 is 0. The van der Waals surface area contributed by atoms with E-state index in [1.54, 1.807) is 0 Å². The average molecular weight is 640 g/mol. The Morgan fingerprint density at radius 2 is 1.11 bits per heavy atom. The molecule has 0 aromatic rings. The van der Waals surface area contributed by atoms with E-state index < -0.39 is 55.0 Å². The van der Waals surface area contributed by atoms with Crippen LogP contribution >= 0.6 is 0 Å². The van der Waals surface area contributed by atoms with Crippen molar-refractivity contribution in [3.8, 4) is 0 Å². The first kappa shape index (κ1) is 41.8. The van der Waals surface area contributed by atoms with Crippen LogP contribution in [0.4, 0.5) is 13.2 Å². The molecule has 4 atom stereocenters. The molecule has 0 aliphatic carbocycles. The van der Waals surface area contributed by atoms with Gasteiger partial charge in [-0.1, -0.05) is 117 Å². The lowest BCUT2D eigenvalue weighted by molar-refractivity contribution is -0.180. The molecule has 9 nitrogen and oxygen atoms in total. The van der Waals surface area contributed by atoms with Crippen LogP contribution in [0.3, 0.4) is 0 Å². The second kappa shape index (κ2) is 26.1. The highest BCUT2D eigenvalue weighted by atomic mass is 19.4. The molecule has 44 heavy (non-hydrogen) atoms. The van der Waals surface area contributed by atoms with Gasteiger partial charge in [0.1, 0.15) is 31.1 Å². The van der Waals surface area contributed by atoms with Gasteiger partial charge in [-0.2, -0.15) is 13.2 Å². The van der Waals surface area contributed by atoms with Gasteiger partial charge in [-0.05, 0) is 12.8 Å². The van der Waals surface area contributed by atoms with E-state index in [0.717, 1.165) is 64.2 Å². The number of esters is 2. The summed E-state index contributed by atoms with van der Waals surface area (Å²) in [6, 6.07) is -2.15. The molecule has 0 aromatic heterocycles. The van der Waals surface area contributed by atoms with Gasteiger partial charge in [0.05, 0.1) is 0 Å². The monoisotopic (exact) mass is 639 g/mol. The maximum absolute atomic E-state index is 12.7. The molecule has 0 aliphatic heterocycles. The zero-order valence-corrected chi connectivity index (χ0v) is 26.7. The Morgan fingerprint density at radius 3 is 1.52 bits per heavy atom. The molecule has 0 spiro atoms. The van der Waals surface area contributed by atoms with Crippen LogP contribution in [-0.4, -0.2) is 71.5 Å². The lowest BCUT2D eigenvalue weighted by atomic mass is 10.0. The van der Waals surface area contributed by atoms with E-state index in [2.05, 4.69) is 13.8 Å². The third-order valence-electron chi connectivity index (χ3n) is 7.44. The van der Waals surface area contributed by atoms with Gasteiger partial charge in [0.25, 0.3) is 0 Å². The molecule has 3 N–H and O–H groups in total. The van der Waals surface area contributed by atoms with Gasteiger partial charge >= 0.3 is 24.0 Å². The summed E-state index contributed by atoms with van der Waals surface area (Å²) in [4.78, 5) is 47.5. The van der Waals surface area contributed by atoms with Gasteiger partial charge in [0.2, 0.25) is 0 Å². The second-order valence-corrected chi connectivity index (χ2v) is 11.5. The molecule has 12 heteroatoms. The minimum Gasteiger partial charge on any atom is -0.463 e. The van der Waals surface area contributed by atoms with Crippen LogP contribution in [0.1, 0.15) is 142 Å². The average Bonchev–Trinajstić information content (AvgIpc) is 2.98. The first-order valence-electron chi connectivity index (χ1n) is 16.5. The molecule has 1 amide bonds. The second-order valence-electron chi connectivity index (χ2n) is 11.5. The van der Waals surface area contributed by atoms with E-state index in [1.807, 2.05) is 0 Å². The van der Waals surface area contributed by atoms with Crippen LogP contribution in [0.15, 0.2) is 0 Å². The highest BCUT2D eigenvalue weighted by Gasteiger charge is 2.43. The number of aliphatic hydroxyl groups is 2. The van der Waals surface area contributed by atoms with E-state index in [4.69, 9.17) is 9.47 Å². The molecular weight excluding hydrogens is 583 g/mol. The Labute approximate surface area is 261 Å². The van der Waals surface area contributed by atoms with Gasteiger partial charge in [0.15, 0.2) is 6.10 Å². The summed E-state index contributed by atoms with van der Waals surface area (Å²) in [6.45, 7) is 3.57. The van der Waals surface area contributed by atoms with Gasteiger partial charge in [-0.3, -0.25) is 14.4 Å². The van der Waals surface area contributed by atoms with Gasteiger partial charge in [-0.15, -0.1) is 0 Å². The minimum atomic E-state index is -5.34. The number of unbranched alkanes of at least 4 members (excludes halogenated alkanes) is 16. The molecule has 0 saturated heterocycles.